The van der Waals surface area contributed by atoms with Crippen molar-refractivity contribution in [3.63, 3.8) is 0 Å². The minimum atomic E-state index is -3.62. The van der Waals surface area contributed by atoms with Gasteiger partial charge in [0.1, 0.15) is 0 Å². The topological polar surface area (TPSA) is 104 Å². The molecule has 0 aromatic heterocycles. The lowest BCUT2D eigenvalue weighted by molar-refractivity contribution is -0.126. The van der Waals surface area contributed by atoms with Crippen molar-refractivity contribution in [2.24, 2.45) is 5.92 Å². The van der Waals surface area contributed by atoms with E-state index < -0.39 is 20.0 Å². The standard InChI is InChI=1S/C24H30ClN3O5S2/c25-21-6-10-23(11-7-21)35(32,33)28-16-12-20(13-17-28)24(29)26-18-19-4-8-22(9-5-19)34(30,31)27-14-2-1-3-15-27/h4-11,20H,1-3,12-18H2,(H,26,29). The Morgan fingerprint density at radius 3 is 1.80 bits per heavy atom. The molecule has 2 aliphatic heterocycles. The molecule has 2 saturated heterocycles. The zero-order valence-electron chi connectivity index (χ0n) is 19.4. The quantitative estimate of drug-likeness (QED) is 0.582. The molecule has 8 nitrogen and oxygen atoms in total. The summed E-state index contributed by atoms with van der Waals surface area (Å²) in [5.41, 5.74) is 0.804. The number of amides is 1. The summed E-state index contributed by atoms with van der Waals surface area (Å²) in [5, 5.41) is 3.37. The van der Waals surface area contributed by atoms with Gasteiger partial charge in [0.25, 0.3) is 0 Å². The van der Waals surface area contributed by atoms with Crippen molar-refractivity contribution in [1.29, 1.82) is 0 Å². The normalized spacial score (nSPS) is 18.9. The molecular formula is C24H30ClN3O5S2. The molecule has 11 heteroatoms. The number of piperidine rings is 2. The number of hydrogen-bond acceptors (Lipinski definition) is 5. The highest BCUT2D eigenvalue weighted by Crippen LogP contribution is 2.25. The highest BCUT2D eigenvalue weighted by atomic mass is 35.5. The van der Waals surface area contributed by atoms with Crippen LogP contribution in [0.4, 0.5) is 0 Å². The maximum Gasteiger partial charge on any atom is 0.243 e. The van der Waals surface area contributed by atoms with Gasteiger partial charge in [-0.25, -0.2) is 16.8 Å². The molecule has 2 aromatic carbocycles. The first-order valence-electron chi connectivity index (χ1n) is 11.8. The summed E-state index contributed by atoms with van der Waals surface area (Å²) in [6.45, 7) is 1.93. The van der Waals surface area contributed by atoms with Crippen LogP contribution in [0.15, 0.2) is 58.3 Å². The molecule has 0 radical (unpaired) electrons. The number of sulfonamides is 2. The van der Waals surface area contributed by atoms with E-state index in [2.05, 4.69) is 5.32 Å². The Morgan fingerprint density at radius 2 is 1.26 bits per heavy atom. The molecule has 35 heavy (non-hydrogen) atoms. The third-order valence-electron chi connectivity index (χ3n) is 6.62. The van der Waals surface area contributed by atoms with Gasteiger partial charge < -0.3 is 5.32 Å². The Hall–Kier alpha value is -1.98. The third-order valence-corrected chi connectivity index (χ3v) is 10.7. The molecule has 2 aromatic rings. The molecule has 1 N–H and O–H groups in total. The maximum absolute atomic E-state index is 12.8. The number of carbonyl (C=O) groups excluding carboxylic acids is 1. The Balaban J connectivity index is 1.28. The smallest absolute Gasteiger partial charge is 0.243 e. The van der Waals surface area contributed by atoms with Crippen molar-refractivity contribution in [3.05, 3.63) is 59.1 Å². The van der Waals surface area contributed by atoms with Crippen molar-refractivity contribution in [2.75, 3.05) is 26.2 Å². The summed E-state index contributed by atoms with van der Waals surface area (Å²) in [6.07, 6.45) is 3.70. The summed E-state index contributed by atoms with van der Waals surface area (Å²) in [5.74, 6) is -0.399. The van der Waals surface area contributed by atoms with Crippen LogP contribution in [0.3, 0.4) is 0 Å². The third kappa shape index (κ3) is 6.06. The number of nitrogens with zero attached hydrogens (tertiary/aromatic N) is 2. The van der Waals surface area contributed by atoms with Gasteiger partial charge in [-0.3, -0.25) is 4.79 Å². The Bertz CT molecular complexity index is 1240. The summed E-state index contributed by atoms with van der Waals surface area (Å²) >= 11 is 5.85. The average Bonchev–Trinajstić information content (AvgIpc) is 2.88. The SMILES string of the molecule is O=C(NCc1ccc(S(=O)(=O)N2CCCCC2)cc1)C1CCN(S(=O)(=O)c2ccc(Cl)cc2)CC1. The lowest BCUT2D eigenvalue weighted by Crippen LogP contribution is -2.42. The zero-order valence-corrected chi connectivity index (χ0v) is 21.8. The molecule has 0 bridgehead atoms. The zero-order chi connectivity index (χ0) is 25.1. The van der Waals surface area contributed by atoms with Crippen LogP contribution in [-0.4, -0.2) is 57.5 Å². The number of benzene rings is 2. The van der Waals surface area contributed by atoms with Crippen molar-refractivity contribution in [1.82, 2.24) is 13.9 Å². The van der Waals surface area contributed by atoms with Gasteiger partial charge in [0, 0.05) is 43.7 Å². The largest absolute Gasteiger partial charge is 0.352 e. The fourth-order valence-corrected chi connectivity index (χ4v) is 7.59. The first-order valence-corrected chi connectivity index (χ1v) is 15.1. The Morgan fingerprint density at radius 1 is 0.771 bits per heavy atom. The van der Waals surface area contributed by atoms with Crippen LogP contribution < -0.4 is 5.32 Å². The molecule has 2 fully saturated rings. The predicted molar refractivity (Wildman–Crippen MR) is 134 cm³/mol. The highest BCUT2D eigenvalue weighted by molar-refractivity contribution is 7.89. The van der Waals surface area contributed by atoms with Crippen molar-refractivity contribution in [3.8, 4) is 0 Å². The monoisotopic (exact) mass is 539 g/mol. The summed E-state index contributed by atoms with van der Waals surface area (Å²) in [7, 11) is -7.10. The van der Waals surface area contributed by atoms with E-state index in [1.54, 1.807) is 36.4 Å². The van der Waals surface area contributed by atoms with Gasteiger partial charge in [-0.05, 0) is 67.6 Å². The molecule has 0 saturated carbocycles. The van der Waals surface area contributed by atoms with E-state index >= 15 is 0 Å². The van der Waals surface area contributed by atoms with Crippen LogP contribution in [0.25, 0.3) is 0 Å². The van der Waals surface area contributed by atoms with Gasteiger partial charge in [-0.15, -0.1) is 0 Å². The van der Waals surface area contributed by atoms with Crippen LogP contribution in [0.2, 0.25) is 5.02 Å². The summed E-state index contributed by atoms with van der Waals surface area (Å²) in [4.78, 5) is 13.1. The molecule has 1 amide bonds. The minimum Gasteiger partial charge on any atom is -0.352 e. The van der Waals surface area contributed by atoms with Gasteiger partial charge in [-0.1, -0.05) is 30.2 Å². The van der Waals surface area contributed by atoms with Crippen LogP contribution in [-0.2, 0) is 31.4 Å². The van der Waals surface area contributed by atoms with Crippen LogP contribution in [0.5, 0.6) is 0 Å². The van der Waals surface area contributed by atoms with Gasteiger partial charge in [0.15, 0.2) is 0 Å². The van der Waals surface area contributed by atoms with Crippen molar-refractivity contribution >= 4 is 37.6 Å². The number of rotatable bonds is 7. The maximum atomic E-state index is 12.8. The number of halogens is 1. The number of hydrogen-bond donors (Lipinski definition) is 1. The van der Waals surface area contributed by atoms with Crippen molar-refractivity contribution < 1.29 is 21.6 Å². The van der Waals surface area contributed by atoms with E-state index in [-0.39, 0.29) is 41.3 Å². The van der Waals surface area contributed by atoms with E-state index in [9.17, 15) is 21.6 Å². The lowest BCUT2D eigenvalue weighted by Gasteiger charge is -2.30. The van der Waals surface area contributed by atoms with Gasteiger partial charge in [0.2, 0.25) is 26.0 Å². The number of carbonyl (C=O) groups is 1. The summed E-state index contributed by atoms with van der Waals surface area (Å²) < 4.78 is 54.1. The minimum absolute atomic E-state index is 0.126. The predicted octanol–water partition coefficient (Wildman–Crippen LogP) is 3.23. The molecule has 2 heterocycles. The summed E-state index contributed by atoms with van der Waals surface area (Å²) in [6, 6.07) is 12.7. The Kier molecular flexibility index (Phi) is 8.17. The second-order valence-corrected chi connectivity index (χ2v) is 13.3. The molecule has 190 valence electrons. The van der Waals surface area contributed by atoms with E-state index in [1.807, 2.05) is 0 Å². The molecule has 4 rings (SSSR count). The van der Waals surface area contributed by atoms with Gasteiger partial charge >= 0.3 is 0 Å². The van der Waals surface area contributed by atoms with Gasteiger partial charge in [0.05, 0.1) is 9.79 Å². The second kappa shape index (κ2) is 11.0. The van der Waals surface area contributed by atoms with E-state index in [0.717, 1.165) is 24.8 Å². The van der Waals surface area contributed by atoms with Crippen LogP contribution in [0, 0.1) is 5.92 Å². The number of nitrogens with one attached hydrogen (secondary N) is 1. The van der Waals surface area contributed by atoms with E-state index in [1.165, 1.54) is 20.7 Å². The second-order valence-electron chi connectivity index (χ2n) is 8.96. The average molecular weight is 540 g/mol. The van der Waals surface area contributed by atoms with Crippen LogP contribution >= 0.6 is 11.6 Å². The lowest BCUT2D eigenvalue weighted by atomic mass is 9.97. The fraction of sp³-hybridized carbons (Fsp3) is 0.458. The first-order chi connectivity index (χ1) is 16.7. The highest BCUT2D eigenvalue weighted by Gasteiger charge is 2.32. The fourth-order valence-electron chi connectivity index (χ4n) is 4.48. The van der Waals surface area contributed by atoms with Crippen molar-refractivity contribution in [2.45, 2.75) is 48.4 Å². The molecule has 0 unspecified atom stereocenters. The molecule has 0 aliphatic carbocycles. The molecule has 2 aliphatic rings. The molecule has 0 spiro atoms. The van der Waals surface area contributed by atoms with E-state index in [4.69, 9.17) is 11.6 Å². The Labute approximate surface area is 212 Å². The molecule has 0 atom stereocenters. The van der Waals surface area contributed by atoms with Gasteiger partial charge in [-0.2, -0.15) is 8.61 Å². The van der Waals surface area contributed by atoms with Crippen LogP contribution in [0.1, 0.15) is 37.7 Å². The molecular weight excluding hydrogens is 510 g/mol. The first kappa shape index (κ1) is 26.1. The van der Waals surface area contributed by atoms with E-state index in [0.29, 0.717) is 31.0 Å².